The highest BCUT2D eigenvalue weighted by Gasteiger charge is 2.06. The molecule has 86 valence electrons. The third kappa shape index (κ3) is 2.88. The van der Waals surface area contributed by atoms with Gasteiger partial charge < -0.3 is 0 Å². The van der Waals surface area contributed by atoms with Gasteiger partial charge in [0.2, 0.25) is 0 Å². The number of nitro benzene ring substituents is 1. The fourth-order valence-electron chi connectivity index (χ4n) is 1.69. The van der Waals surface area contributed by atoms with Crippen LogP contribution in [0.1, 0.15) is 19.3 Å². The van der Waals surface area contributed by atoms with Crippen LogP contribution >= 0.6 is 0 Å². The molecule has 0 N–H and O–H groups in total. The van der Waals surface area contributed by atoms with E-state index in [4.69, 9.17) is 0 Å². The zero-order chi connectivity index (χ0) is 11.4. The summed E-state index contributed by atoms with van der Waals surface area (Å²) in [7, 11) is 0.142. The third-order valence-corrected chi connectivity index (χ3v) is 4.54. The van der Waals surface area contributed by atoms with E-state index in [1.807, 2.05) is 0 Å². The summed E-state index contributed by atoms with van der Waals surface area (Å²) in [5.41, 5.74) is 1.00. The lowest BCUT2D eigenvalue weighted by Gasteiger charge is -2.13. The maximum Gasteiger partial charge on any atom is 0.269 e. The second-order valence-electron chi connectivity index (χ2n) is 3.80. The number of hydrogen-bond acceptors (Lipinski definition) is 3. The van der Waals surface area contributed by atoms with Crippen molar-refractivity contribution in [1.82, 2.24) is 0 Å². The van der Waals surface area contributed by atoms with Gasteiger partial charge in [-0.05, 0) is 25.0 Å². The van der Waals surface area contributed by atoms with Crippen LogP contribution in [0.15, 0.2) is 28.6 Å². The van der Waals surface area contributed by atoms with E-state index in [-0.39, 0.29) is 21.3 Å². The van der Waals surface area contributed by atoms with Gasteiger partial charge in [0.15, 0.2) is 0 Å². The molecule has 1 aromatic rings. The summed E-state index contributed by atoms with van der Waals surface area (Å²) in [6.07, 6.45) is 3.85. The van der Waals surface area contributed by atoms with Crippen LogP contribution < -0.4 is 0 Å². The molecule has 1 heterocycles. The molecule has 16 heavy (non-hydrogen) atoms. The van der Waals surface area contributed by atoms with Crippen LogP contribution in [0.25, 0.3) is 0 Å². The number of hydrogen-bond donors (Lipinski definition) is 0. The second-order valence-corrected chi connectivity index (χ2v) is 5.72. The predicted molar refractivity (Wildman–Crippen MR) is 66.1 cm³/mol. The number of non-ortho nitro benzene ring substituents is 1. The first kappa shape index (κ1) is 11.3. The molecule has 0 amide bonds. The standard InChI is InChI=1S/C11H14N2O2S/c14-13(15)11-6-4-10(5-7-11)12-16-8-2-1-3-9-16/h4-7H,1-3,8-9H2. The average molecular weight is 238 g/mol. The first-order chi connectivity index (χ1) is 7.75. The summed E-state index contributed by atoms with van der Waals surface area (Å²) >= 11 is 0. The third-order valence-electron chi connectivity index (χ3n) is 2.55. The van der Waals surface area contributed by atoms with Crippen molar-refractivity contribution >= 4 is 22.1 Å². The molecule has 0 unspecified atom stereocenters. The molecular formula is C11H14N2O2S. The van der Waals surface area contributed by atoms with Crippen LogP contribution in [-0.4, -0.2) is 16.4 Å². The molecular weight excluding hydrogens is 224 g/mol. The zero-order valence-electron chi connectivity index (χ0n) is 8.96. The maximum absolute atomic E-state index is 10.5. The summed E-state index contributed by atoms with van der Waals surface area (Å²) in [6, 6.07) is 6.51. The normalized spacial score (nSPS) is 17.0. The highest BCUT2D eigenvalue weighted by atomic mass is 32.2. The van der Waals surface area contributed by atoms with Gasteiger partial charge in [-0.1, -0.05) is 17.1 Å². The largest absolute Gasteiger partial charge is 0.269 e. The quantitative estimate of drug-likeness (QED) is 0.586. The van der Waals surface area contributed by atoms with Gasteiger partial charge in [-0.15, -0.1) is 0 Å². The molecule has 0 atom stereocenters. The Morgan fingerprint density at radius 2 is 1.75 bits per heavy atom. The molecule has 0 radical (unpaired) electrons. The molecule has 1 aliphatic heterocycles. The van der Waals surface area contributed by atoms with Gasteiger partial charge in [0.1, 0.15) is 0 Å². The molecule has 0 aromatic heterocycles. The van der Waals surface area contributed by atoms with Crippen molar-refractivity contribution in [3.05, 3.63) is 34.4 Å². The summed E-state index contributed by atoms with van der Waals surface area (Å²) < 4.78 is 4.62. The van der Waals surface area contributed by atoms with Crippen LogP contribution in [0.5, 0.6) is 0 Å². The lowest BCUT2D eigenvalue weighted by Crippen LogP contribution is -2.08. The number of nitrogens with zero attached hydrogens (tertiary/aromatic N) is 2. The zero-order valence-corrected chi connectivity index (χ0v) is 9.78. The molecule has 1 fully saturated rings. The molecule has 0 spiro atoms. The van der Waals surface area contributed by atoms with Crippen LogP contribution in [0.4, 0.5) is 11.4 Å². The topological polar surface area (TPSA) is 55.5 Å². The van der Waals surface area contributed by atoms with E-state index < -0.39 is 0 Å². The van der Waals surface area contributed by atoms with E-state index in [1.54, 1.807) is 12.1 Å². The molecule has 1 aromatic carbocycles. The molecule has 1 saturated heterocycles. The van der Waals surface area contributed by atoms with Gasteiger partial charge >= 0.3 is 0 Å². The Morgan fingerprint density at radius 3 is 2.31 bits per heavy atom. The number of rotatable bonds is 2. The van der Waals surface area contributed by atoms with E-state index in [0.717, 1.165) is 5.69 Å². The Hall–Kier alpha value is -1.23. The van der Waals surface area contributed by atoms with Gasteiger partial charge in [0.05, 0.1) is 10.6 Å². The van der Waals surface area contributed by atoms with Crippen LogP contribution in [0, 0.1) is 10.1 Å². The van der Waals surface area contributed by atoms with Gasteiger partial charge in [-0.2, -0.15) is 0 Å². The van der Waals surface area contributed by atoms with E-state index in [0.29, 0.717) is 0 Å². The van der Waals surface area contributed by atoms with E-state index in [2.05, 4.69) is 4.36 Å². The van der Waals surface area contributed by atoms with Crippen molar-refractivity contribution in [2.75, 3.05) is 11.5 Å². The first-order valence-electron chi connectivity index (χ1n) is 5.39. The molecule has 0 aliphatic carbocycles. The summed E-state index contributed by atoms with van der Waals surface area (Å²) in [4.78, 5) is 10.1. The lowest BCUT2D eigenvalue weighted by atomic mass is 10.3. The van der Waals surface area contributed by atoms with Gasteiger partial charge in [-0.3, -0.25) is 10.1 Å². The molecule has 2 rings (SSSR count). The van der Waals surface area contributed by atoms with Crippen molar-refractivity contribution in [3.8, 4) is 0 Å². The van der Waals surface area contributed by atoms with Gasteiger partial charge in [-0.25, -0.2) is 4.36 Å². The Kier molecular flexibility index (Phi) is 3.66. The highest BCUT2D eigenvalue weighted by Crippen LogP contribution is 2.20. The van der Waals surface area contributed by atoms with Gasteiger partial charge in [0.25, 0.3) is 5.69 Å². The smallest absolute Gasteiger partial charge is 0.258 e. The highest BCUT2D eigenvalue weighted by molar-refractivity contribution is 7.87. The average Bonchev–Trinajstić information content (AvgIpc) is 2.31. The molecule has 0 saturated carbocycles. The maximum atomic E-state index is 10.5. The minimum atomic E-state index is -0.382. The Labute approximate surface area is 96.9 Å². The van der Waals surface area contributed by atoms with E-state index in [1.165, 1.54) is 42.9 Å². The number of benzene rings is 1. The summed E-state index contributed by atoms with van der Waals surface area (Å²) in [5.74, 6) is 2.36. The van der Waals surface area contributed by atoms with Crippen molar-refractivity contribution in [2.24, 2.45) is 4.36 Å². The van der Waals surface area contributed by atoms with Crippen molar-refractivity contribution in [3.63, 3.8) is 0 Å². The fraction of sp³-hybridized carbons (Fsp3) is 0.455. The van der Waals surface area contributed by atoms with E-state index in [9.17, 15) is 10.1 Å². The minimum absolute atomic E-state index is 0.130. The van der Waals surface area contributed by atoms with Crippen molar-refractivity contribution < 1.29 is 4.92 Å². The minimum Gasteiger partial charge on any atom is -0.258 e. The van der Waals surface area contributed by atoms with Crippen molar-refractivity contribution in [1.29, 1.82) is 0 Å². The van der Waals surface area contributed by atoms with Crippen LogP contribution in [0.3, 0.4) is 0 Å². The molecule has 1 aliphatic rings. The molecule has 5 heteroatoms. The lowest BCUT2D eigenvalue weighted by molar-refractivity contribution is -0.384. The Morgan fingerprint density at radius 1 is 1.12 bits per heavy atom. The van der Waals surface area contributed by atoms with Crippen molar-refractivity contribution in [2.45, 2.75) is 19.3 Å². The number of nitro groups is 1. The fourth-order valence-corrected chi connectivity index (χ4v) is 3.57. The first-order valence-corrected chi connectivity index (χ1v) is 6.91. The Bertz CT molecular complexity index is 406. The van der Waals surface area contributed by atoms with Crippen LogP contribution in [0.2, 0.25) is 0 Å². The summed E-state index contributed by atoms with van der Waals surface area (Å²) in [6.45, 7) is 0. The van der Waals surface area contributed by atoms with E-state index >= 15 is 0 Å². The monoisotopic (exact) mass is 238 g/mol. The van der Waals surface area contributed by atoms with Gasteiger partial charge in [0, 0.05) is 23.6 Å². The van der Waals surface area contributed by atoms with Crippen LogP contribution in [-0.2, 0) is 10.7 Å². The second kappa shape index (κ2) is 5.21. The summed E-state index contributed by atoms with van der Waals surface area (Å²) in [5, 5.41) is 10.5. The SMILES string of the molecule is O=[N+]([O-])c1ccc(N=S2CCCCC2)cc1. The molecule has 4 nitrogen and oxygen atoms in total. The predicted octanol–water partition coefficient (Wildman–Crippen LogP) is 3.21. The molecule has 0 bridgehead atoms. The Balaban J connectivity index is 2.12.